The van der Waals surface area contributed by atoms with E-state index in [-0.39, 0.29) is 17.9 Å². The monoisotopic (exact) mass is 459 g/mol. The number of rotatable bonds is 7. The molecule has 148 valence electrons. The number of thiocarbonyl (C=S) groups is 1. The smallest absolute Gasteiger partial charge is 0.227 e. The van der Waals surface area contributed by atoms with Crippen molar-refractivity contribution in [3.05, 3.63) is 69.7 Å². The van der Waals surface area contributed by atoms with Crippen LogP contribution in [0, 0.1) is 0 Å². The van der Waals surface area contributed by atoms with E-state index in [1.807, 2.05) is 31.2 Å². The summed E-state index contributed by atoms with van der Waals surface area (Å²) in [4.78, 5) is 12.5. The van der Waals surface area contributed by atoms with Crippen LogP contribution >= 0.6 is 28.1 Å². The van der Waals surface area contributed by atoms with Gasteiger partial charge in [0.2, 0.25) is 5.91 Å². The lowest BCUT2D eigenvalue weighted by molar-refractivity contribution is -0.122. The fraction of sp³-hybridized carbons (Fsp3) is 0.364. The summed E-state index contributed by atoms with van der Waals surface area (Å²) in [6.07, 6.45) is 2.91. The van der Waals surface area contributed by atoms with Gasteiger partial charge in [-0.3, -0.25) is 4.79 Å². The van der Waals surface area contributed by atoms with E-state index in [2.05, 4.69) is 56.1 Å². The van der Waals surface area contributed by atoms with Gasteiger partial charge in [0.1, 0.15) is 0 Å². The Bertz CT molecular complexity index is 825. The molecule has 1 aliphatic carbocycles. The largest absolute Gasteiger partial charge is 0.361 e. The highest BCUT2D eigenvalue weighted by atomic mass is 79.9. The third-order valence-electron chi connectivity index (χ3n) is 5.15. The van der Waals surface area contributed by atoms with Gasteiger partial charge in [0.05, 0.1) is 12.0 Å². The van der Waals surface area contributed by atoms with Crippen molar-refractivity contribution < 1.29 is 4.79 Å². The number of fused-ring (bicyclic) bond motifs is 1. The Kier molecular flexibility index (Phi) is 7.45. The summed E-state index contributed by atoms with van der Waals surface area (Å²) in [5.41, 5.74) is 3.77. The molecule has 0 aliphatic heterocycles. The third-order valence-corrected chi connectivity index (χ3v) is 5.94. The first-order valence-electron chi connectivity index (χ1n) is 9.73. The molecule has 3 N–H and O–H groups in total. The Labute approximate surface area is 180 Å². The van der Waals surface area contributed by atoms with Gasteiger partial charge in [-0.1, -0.05) is 59.3 Å². The normalized spacial score (nSPS) is 16.1. The molecule has 0 bridgehead atoms. The molecule has 3 rings (SSSR count). The first-order chi connectivity index (χ1) is 13.6. The van der Waals surface area contributed by atoms with Crippen LogP contribution in [0.15, 0.2) is 53.0 Å². The van der Waals surface area contributed by atoms with E-state index in [0.29, 0.717) is 18.2 Å². The molecule has 0 heterocycles. The van der Waals surface area contributed by atoms with Crippen LogP contribution in [0.3, 0.4) is 0 Å². The average Bonchev–Trinajstić information content (AvgIpc) is 3.10. The number of aryl methyl sites for hydroxylation is 1. The molecule has 0 fully saturated rings. The summed E-state index contributed by atoms with van der Waals surface area (Å²) in [7, 11) is 0. The molecule has 0 radical (unpaired) electrons. The number of carbonyl (C=O) groups excluding carboxylic acids is 1. The highest BCUT2D eigenvalue weighted by Gasteiger charge is 2.22. The highest BCUT2D eigenvalue weighted by Crippen LogP contribution is 2.30. The minimum absolute atomic E-state index is 0.0511. The number of amides is 1. The lowest BCUT2D eigenvalue weighted by Gasteiger charge is -2.18. The van der Waals surface area contributed by atoms with Gasteiger partial charge in [0.25, 0.3) is 0 Å². The second-order valence-corrected chi connectivity index (χ2v) is 8.32. The van der Waals surface area contributed by atoms with Crippen molar-refractivity contribution in [2.45, 2.75) is 38.1 Å². The molecule has 2 unspecified atom stereocenters. The standard InChI is InChI=1S/C22H26BrN3OS/c1-2-18(16-7-10-17(23)11-8-16)21(27)24-13-14-25-22(28)26-20-12-9-15-5-3-4-6-19(15)20/h3-8,10-11,18,20H,2,9,12-14H2,1H3,(H,24,27)(H2,25,26,28). The van der Waals surface area contributed by atoms with E-state index in [1.165, 1.54) is 11.1 Å². The van der Waals surface area contributed by atoms with Gasteiger partial charge in [-0.2, -0.15) is 0 Å². The van der Waals surface area contributed by atoms with E-state index in [0.717, 1.165) is 29.3 Å². The van der Waals surface area contributed by atoms with Gasteiger partial charge in [-0.15, -0.1) is 0 Å². The number of halogens is 1. The Morgan fingerprint density at radius 2 is 1.86 bits per heavy atom. The quantitative estimate of drug-likeness (QED) is 0.428. The van der Waals surface area contributed by atoms with Gasteiger partial charge >= 0.3 is 0 Å². The number of hydrogen-bond acceptors (Lipinski definition) is 2. The number of hydrogen-bond donors (Lipinski definition) is 3. The zero-order chi connectivity index (χ0) is 19.9. The Morgan fingerprint density at radius 1 is 1.14 bits per heavy atom. The fourth-order valence-corrected chi connectivity index (χ4v) is 4.18. The zero-order valence-electron chi connectivity index (χ0n) is 16.0. The van der Waals surface area contributed by atoms with Gasteiger partial charge in [0, 0.05) is 17.6 Å². The van der Waals surface area contributed by atoms with Crippen molar-refractivity contribution in [3.8, 4) is 0 Å². The van der Waals surface area contributed by atoms with Crippen molar-refractivity contribution in [2.75, 3.05) is 13.1 Å². The van der Waals surface area contributed by atoms with Crippen molar-refractivity contribution in [2.24, 2.45) is 0 Å². The minimum Gasteiger partial charge on any atom is -0.361 e. The molecule has 2 aromatic carbocycles. The molecule has 1 aliphatic rings. The summed E-state index contributed by atoms with van der Waals surface area (Å²) in [6, 6.07) is 16.7. The molecular formula is C22H26BrN3OS. The zero-order valence-corrected chi connectivity index (χ0v) is 18.4. The molecule has 0 saturated heterocycles. The van der Waals surface area contributed by atoms with Crippen LogP contribution in [-0.2, 0) is 11.2 Å². The lowest BCUT2D eigenvalue weighted by Crippen LogP contribution is -2.41. The van der Waals surface area contributed by atoms with Crippen molar-refractivity contribution in [1.29, 1.82) is 0 Å². The molecule has 4 nitrogen and oxygen atoms in total. The molecule has 6 heteroatoms. The van der Waals surface area contributed by atoms with Crippen molar-refractivity contribution in [3.63, 3.8) is 0 Å². The van der Waals surface area contributed by atoms with E-state index < -0.39 is 0 Å². The molecular weight excluding hydrogens is 434 g/mol. The minimum atomic E-state index is -0.131. The summed E-state index contributed by atoms with van der Waals surface area (Å²) in [5, 5.41) is 10.2. The molecule has 2 aromatic rings. The fourth-order valence-electron chi connectivity index (χ4n) is 3.67. The molecule has 2 atom stereocenters. The van der Waals surface area contributed by atoms with Gasteiger partial charge in [-0.05, 0) is 60.3 Å². The average molecular weight is 460 g/mol. The SMILES string of the molecule is CCC(C(=O)NCCNC(=S)NC1CCc2ccccc21)c1ccc(Br)cc1. The predicted octanol–water partition coefficient (Wildman–Crippen LogP) is 4.21. The Hall–Kier alpha value is -1.92. The maximum Gasteiger partial charge on any atom is 0.227 e. The predicted molar refractivity (Wildman–Crippen MR) is 121 cm³/mol. The van der Waals surface area contributed by atoms with Crippen molar-refractivity contribution >= 4 is 39.2 Å². The Balaban J connectivity index is 1.41. The maximum absolute atomic E-state index is 12.5. The molecule has 0 aromatic heterocycles. The van der Waals surface area contributed by atoms with E-state index >= 15 is 0 Å². The van der Waals surface area contributed by atoms with Crippen LogP contribution in [0.25, 0.3) is 0 Å². The first-order valence-corrected chi connectivity index (χ1v) is 10.9. The van der Waals surface area contributed by atoms with Crippen LogP contribution < -0.4 is 16.0 Å². The summed E-state index contributed by atoms with van der Waals surface area (Å²) in [5.74, 6) is -0.0802. The molecule has 0 saturated carbocycles. The second kappa shape index (κ2) is 10.0. The summed E-state index contributed by atoms with van der Waals surface area (Å²) >= 11 is 8.85. The number of nitrogens with one attached hydrogen (secondary N) is 3. The lowest BCUT2D eigenvalue weighted by atomic mass is 9.96. The number of benzene rings is 2. The topological polar surface area (TPSA) is 53.2 Å². The highest BCUT2D eigenvalue weighted by molar-refractivity contribution is 9.10. The van der Waals surface area contributed by atoms with Crippen LogP contribution in [-0.4, -0.2) is 24.1 Å². The van der Waals surface area contributed by atoms with Crippen LogP contribution in [0.2, 0.25) is 0 Å². The van der Waals surface area contributed by atoms with Crippen LogP contribution in [0.5, 0.6) is 0 Å². The second-order valence-electron chi connectivity index (χ2n) is 6.99. The van der Waals surface area contributed by atoms with Crippen LogP contribution in [0.1, 0.15) is 48.4 Å². The van der Waals surface area contributed by atoms with Crippen LogP contribution in [0.4, 0.5) is 0 Å². The molecule has 1 amide bonds. The van der Waals surface area contributed by atoms with Crippen molar-refractivity contribution in [1.82, 2.24) is 16.0 Å². The molecule has 0 spiro atoms. The van der Waals surface area contributed by atoms with Gasteiger partial charge in [0.15, 0.2) is 5.11 Å². The van der Waals surface area contributed by atoms with Gasteiger partial charge < -0.3 is 16.0 Å². The third kappa shape index (κ3) is 5.32. The van der Waals surface area contributed by atoms with Gasteiger partial charge in [-0.25, -0.2) is 0 Å². The van der Waals surface area contributed by atoms with E-state index in [9.17, 15) is 4.79 Å². The summed E-state index contributed by atoms with van der Waals surface area (Å²) in [6.45, 7) is 3.17. The van der Waals surface area contributed by atoms with E-state index in [1.54, 1.807) is 0 Å². The van der Waals surface area contributed by atoms with E-state index in [4.69, 9.17) is 12.2 Å². The first kappa shape index (κ1) is 20.8. The Morgan fingerprint density at radius 3 is 2.61 bits per heavy atom. The maximum atomic E-state index is 12.5. The molecule has 28 heavy (non-hydrogen) atoms. The summed E-state index contributed by atoms with van der Waals surface area (Å²) < 4.78 is 1.02. The number of carbonyl (C=O) groups is 1.